The van der Waals surface area contributed by atoms with Gasteiger partial charge in [-0.15, -0.1) is 0 Å². The Morgan fingerprint density at radius 2 is 1.91 bits per heavy atom. The summed E-state index contributed by atoms with van der Waals surface area (Å²) in [6.45, 7) is 6.98. The predicted molar refractivity (Wildman–Crippen MR) is 124 cm³/mol. The van der Waals surface area contributed by atoms with E-state index in [1.807, 2.05) is 31.7 Å². The number of imide groups is 1. The smallest absolute Gasteiger partial charge is 0.325 e. The number of urea groups is 1. The van der Waals surface area contributed by atoms with Gasteiger partial charge in [-0.25, -0.2) is 4.79 Å². The van der Waals surface area contributed by atoms with Gasteiger partial charge in [-0.3, -0.25) is 14.5 Å². The Morgan fingerprint density at radius 3 is 2.60 bits per heavy atom. The maximum absolute atomic E-state index is 13.6. The average Bonchev–Trinajstić information content (AvgIpc) is 3.53. The first kappa shape index (κ1) is 23.2. The van der Waals surface area contributed by atoms with E-state index < -0.39 is 5.54 Å². The van der Waals surface area contributed by atoms with E-state index in [4.69, 9.17) is 14.0 Å². The van der Waals surface area contributed by atoms with Gasteiger partial charge in [0.1, 0.15) is 11.3 Å². The van der Waals surface area contributed by atoms with Crippen molar-refractivity contribution in [3.05, 3.63) is 40.8 Å². The van der Waals surface area contributed by atoms with Crippen LogP contribution in [0.4, 0.5) is 4.79 Å². The summed E-state index contributed by atoms with van der Waals surface area (Å²) in [7, 11) is 0. The minimum absolute atomic E-state index is 0.0228. The minimum Gasteiger partial charge on any atom is -0.454 e. The van der Waals surface area contributed by atoms with Crippen molar-refractivity contribution in [3.8, 4) is 11.5 Å². The van der Waals surface area contributed by atoms with E-state index in [1.165, 1.54) is 4.90 Å². The van der Waals surface area contributed by atoms with Crippen LogP contribution in [-0.4, -0.2) is 58.2 Å². The second-order valence-corrected chi connectivity index (χ2v) is 9.47. The number of fused-ring (bicyclic) bond motifs is 1. The fraction of sp³-hybridized carbons (Fsp3) is 0.520. The number of aromatic nitrogens is 1. The fourth-order valence-corrected chi connectivity index (χ4v) is 5.45. The average molecular weight is 483 g/mol. The Bertz CT molecular complexity index is 1150. The topological polar surface area (TPSA) is 114 Å². The molecule has 1 atom stereocenters. The lowest BCUT2D eigenvalue weighted by molar-refractivity contribution is -0.136. The van der Waals surface area contributed by atoms with Crippen LogP contribution < -0.4 is 14.8 Å². The summed E-state index contributed by atoms with van der Waals surface area (Å²) in [6, 6.07) is 5.05. The van der Waals surface area contributed by atoms with Crippen molar-refractivity contribution in [2.24, 2.45) is 5.92 Å². The van der Waals surface area contributed by atoms with E-state index in [0.29, 0.717) is 49.6 Å². The maximum Gasteiger partial charge on any atom is 0.325 e. The molecule has 10 nitrogen and oxygen atoms in total. The Morgan fingerprint density at radius 1 is 1.17 bits per heavy atom. The third-order valence-corrected chi connectivity index (χ3v) is 7.59. The van der Waals surface area contributed by atoms with Crippen LogP contribution in [0.1, 0.15) is 48.8 Å². The zero-order valence-electron chi connectivity index (χ0n) is 20.3. The van der Waals surface area contributed by atoms with Gasteiger partial charge >= 0.3 is 6.03 Å². The number of hydrogen-bond donors (Lipinski definition) is 1. The number of hydrogen-bond acceptors (Lipinski definition) is 7. The summed E-state index contributed by atoms with van der Waals surface area (Å²) < 4.78 is 15.9. The van der Waals surface area contributed by atoms with Crippen LogP contribution in [0.15, 0.2) is 22.7 Å². The second kappa shape index (κ2) is 8.90. The van der Waals surface area contributed by atoms with Gasteiger partial charge in [-0.1, -0.05) is 18.1 Å². The lowest BCUT2D eigenvalue weighted by Crippen LogP contribution is -2.56. The number of nitrogens with one attached hydrogen (secondary N) is 1. The molecule has 3 aliphatic heterocycles. The quantitative estimate of drug-likeness (QED) is 0.630. The van der Waals surface area contributed by atoms with Crippen molar-refractivity contribution >= 4 is 17.8 Å². The Hall–Kier alpha value is -3.56. The molecule has 0 saturated carbocycles. The van der Waals surface area contributed by atoms with Crippen molar-refractivity contribution in [2.45, 2.75) is 58.5 Å². The number of ether oxygens (including phenoxy) is 2. The highest BCUT2D eigenvalue weighted by Gasteiger charge is 2.54. The van der Waals surface area contributed by atoms with E-state index in [9.17, 15) is 14.4 Å². The molecule has 0 radical (unpaired) electrons. The molecule has 2 saturated heterocycles. The predicted octanol–water partition coefficient (Wildman–Crippen LogP) is 2.70. The summed E-state index contributed by atoms with van der Waals surface area (Å²) in [5.41, 5.74) is 1.41. The summed E-state index contributed by atoms with van der Waals surface area (Å²) >= 11 is 0. The Labute approximate surface area is 203 Å². The number of benzene rings is 1. The number of likely N-dealkylation sites (tertiary alicyclic amines) is 1. The van der Waals surface area contributed by atoms with Crippen molar-refractivity contribution in [1.29, 1.82) is 0 Å². The van der Waals surface area contributed by atoms with Crippen LogP contribution in [0.2, 0.25) is 0 Å². The highest BCUT2D eigenvalue weighted by atomic mass is 16.7. The normalized spacial score (nSPS) is 22.1. The van der Waals surface area contributed by atoms with Gasteiger partial charge in [0.05, 0.1) is 18.7 Å². The number of aryl methyl sites for hydroxylation is 2. The zero-order chi connectivity index (χ0) is 24.7. The first-order chi connectivity index (χ1) is 16.8. The molecule has 2 fully saturated rings. The molecule has 1 aromatic heterocycles. The first-order valence-electron chi connectivity index (χ1n) is 12.0. The number of amides is 4. The Kier molecular flexibility index (Phi) is 5.90. The molecule has 186 valence electrons. The molecule has 0 spiro atoms. The van der Waals surface area contributed by atoms with E-state index in [2.05, 4.69) is 10.5 Å². The summed E-state index contributed by atoms with van der Waals surface area (Å²) in [5, 5.41) is 6.94. The standard InChI is InChI=1S/C25H30N4O6/c1-4-25(18-7-9-28(10-8-18)22(30)12-19-15(2)27-35-16(19)3)23(31)29(24(32)26-25)13-17-5-6-20-21(11-17)34-14-33-20/h5-6,11,18H,4,7-10,12-14H2,1-3H3,(H,26,32)/t25-/m1/s1. The minimum atomic E-state index is -0.954. The molecule has 0 unspecified atom stereocenters. The highest BCUT2D eigenvalue weighted by Crippen LogP contribution is 2.38. The summed E-state index contributed by atoms with van der Waals surface area (Å²) in [6.07, 6.45) is 2.03. The van der Waals surface area contributed by atoms with Gasteiger partial charge in [0, 0.05) is 18.7 Å². The summed E-state index contributed by atoms with van der Waals surface area (Å²) in [5.74, 6) is 1.71. The number of rotatable bonds is 6. The molecule has 4 amide bonds. The number of carbonyl (C=O) groups excluding carboxylic acids is 3. The molecule has 3 aliphatic rings. The second-order valence-electron chi connectivity index (χ2n) is 9.47. The zero-order valence-corrected chi connectivity index (χ0v) is 20.3. The third kappa shape index (κ3) is 4.00. The van der Waals surface area contributed by atoms with Gasteiger partial charge in [0.25, 0.3) is 5.91 Å². The Balaban J connectivity index is 1.25. The fourth-order valence-electron chi connectivity index (χ4n) is 5.45. The molecule has 0 aliphatic carbocycles. The van der Waals surface area contributed by atoms with Gasteiger partial charge in [-0.2, -0.15) is 0 Å². The monoisotopic (exact) mass is 482 g/mol. The van der Waals surface area contributed by atoms with Crippen LogP contribution in [0.25, 0.3) is 0 Å². The highest BCUT2D eigenvalue weighted by molar-refractivity contribution is 6.07. The molecule has 1 N–H and O–H groups in total. The maximum atomic E-state index is 13.6. The van der Waals surface area contributed by atoms with Gasteiger partial charge in [-0.05, 0) is 56.7 Å². The molecule has 4 heterocycles. The largest absolute Gasteiger partial charge is 0.454 e. The number of piperidine rings is 1. The van der Waals surface area contributed by atoms with Crippen LogP contribution in [0.3, 0.4) is 0 Å². The van der Waals surface area contributed by atoms with Crippen LogP contribution in [-0.2, 0) is 22.6 Å². The molecule has 5 rings (SSSR count). The molecule has 10 heteroatoms. The molecule has 2 aromatic rings. The van der Waals surface area contributed by atoms with E-state index in [0.717, 1.165) is 16.8 Å². The van der Waals surface area contributed by atoms with Crippen molar-refractivity contribution in [1.82, 2.24) is 20.3 Å². The lowest BCUT2D eigenvalue weighted by atomic mass is 9.75. The SMILES string of the molecule is CC[C@]1(C2CCN(C(=O)Cc3c(C)noc3C)CC2)NC(=O)N(Cc2ccc3c(c2)OCO3)C1=O. The van der Waals surface area contributed by atoms with Crippen LogP contribution in [0.5, 0.6) is 11.5 Å². The van der Waals surface area contributed by atoms with E-state index >= 15 is 0 Å². The number of carbonyl (C=O) groups is 3. The number of nitrogens with zero attached hydrogens (tertiary/aromatic N) is 3. The molecular weight excluding hydrogens is 452 g/mol. The van der Waals surface area contributed by atoms with Gasteiger partial charge in [0.15, 0.2) is 11.5 Å². The molecule has 0 bridgehead atoms. The van der Waals surface area contributed by atoms with Crippen LogP contribution >= 0.6 is 0 Å². The van der Waals surface area contributed by atoms with Gasteiger partial charge < -0.3 is 24.2 Å². The van der Waals surface area contributed by atoms with E-state index in [-0.39, 0.29) is 43.5 Å². The van der Waals surface area contributed by atoms with Crippen molar-refractivity contribution in [3.63, 3.8) is 0 Å². The van der Waals surface area contributed by atoms with Gasteiger partial charge in [0.2, 0.25) is 12.7 Å². The van der Waals surface area contributed by atoms with Crippen molar-refractivity contribution in [2.75, 3.05) is 19.9 Å². The first-order valence-corrected chi connectivity index (χ1v) is 12.0. The lowest BCUT2D eigenvalue weighted by Gasteiger charge is -2.40. The molecule has 35 heavy (non-hydrogen) atoms. The third-order valence-electron chi connectivity index (χ3n) is 7.59. The van der Waals surface area contributed by atoms with E-state index in [1.54, 1.807) is 12.1 Å². The van der Waals surface area contributed by atoms with Crippen molar-refractivity contribution < 1.29 is 28.4 Å². The molecule has 1 aromatic carbocycles. The molecular formula is C25H30N4O6. The van der Waals surface area contributed by atoms with Crippen LogP contribution in [0, 0.1) is 19.8 Å². The summed E-state index contributed by atoms with van der Waals surface area (Å²) in [4.78, 5) is 42.5.